The van der Waals surface area contributed by atoms with E-state index in [-0.39, 0.29) is 11.8 Å². The maximum atomic E-state index is 11.3. The van der Waals surface area contributed by atoms with Crippen molar-refractivity contribution in [3.05, 3.63) is 24.0 Å². The number of nitrogens with two attached hydrogens (primary N) is 2. The summed E-state index contributed by atoms with van der Waals surface area (Å²) in [7, 11) is 0. The quantitative estimate of drug-likeness (QED) is 0.821. The molecule has 0 bridgehead atoms. The molecule has 0 radical (unpaired) electrons. The van der Waals surface area contributed by atoms with Gasteiger partial charge in [-0.05, 0) is 31.9 Å². The highest BCUT2D eigenvalue weighted by Crippen LogP contribution is 2.27. The van der Waals surface area contributed by atoms with Gasteiger partial charge in [-0.25, -0.2) is 0 Å². The maximum absolute atomic E-state index is 11.3. The van der Waals surface area contributed by atoms with Gasteiger partial charge < -0.3 is 16.4 Å². The van der Waals surface area contributed by atoms with Crippen LogP contribution in [0, 0.1) is 5.92 Å². The minimum absolute atomic E-state index is 0.0595. The molecule has 5 nitrogen and oxygen atoms in total. The van der Waals surface area contributed by atoms with Crippen LogP contribution in [-0.2, 0) is 11.3 Å². The fourth-order valence-electron chi connectivity index (χ4n) is 2.45. The number of primary amides is 1. The van der Waals surface area contributed by atoms with Gasteiger partial charge >= 0.3 is 0 Å². The molecule has 98 valence electrons. The van der Waals surface area contributed by atoms with E-state index in [9.17, 15) is 4.79 Å². The lowest BCUT2D eigenvalue weighted by Gasteiger charge is -2.38. The smallest absolute Gasteiger partial charge is 0.222 e. The van der Waals surface area contributed by atoms with E-state index >= 15 is 0 Å². The Bertz CT molecular complexity index is 435. The molecule has 0 aliphatic carbocycles. The van der Waals surface area contributed by atoms with Gasteiger partial charge in [-0.15, -0.1) is 0 Å². The average molecular weight is 248 g/mol. The summed E-state index contributed by atoms with van der Waals surface area (Å²) in [5.41, 5.74) is 12.9. The summed E-state index contributed by atoms with van der Waals surface area (Å²) in [6.07, 6.45) is 3.62. The predicted octanol–water partition coefficient (Wildman–Crippen LogP) is 0.630. The molecule has 0 aromatic carbocycles. The van der Waals surface area contributed by atoms with Crippen LogP contribution < -0.4 is 16.4 Å². The number of piperidine rings is 1. The van der Waals surface area contributed by atoms with Gasteiger partial charge in [-0.1, -0.05) is 0 Å². The Balaban J connectivity index is 2.21. The first-order chi connectivity index (χ1) is 8.61. The van der Waals surface area contributed by atoms with Crippen LogP contribution in [0.2, 0.25) is 0 Å². The van der Waals surface area contributed by atoms with Crippen LogP contribution >= 0.6 is 0 Å². The Morgan fingerprint density at radius 3 is 3.00 bits per heavy atom. The van der Waals surface area contributed by atoms with Crippen molar-refractivity contribution in [2.24, 2.45) is 17.4 Å². The molecule has 1 aliphatic rings. The largest absolute Gasteiger partial charge is 0.369 e. The van der Waals surface area contributed by atoms with Gasteiger partial charge in [-0.3, -0.25) is 9.78 Å². The molecule has 1 amide bonds. The van der Waals surface area contributed by atoms with Crippen LogP contribution in [0.5, 0.6) is 0 Å². The number of carbonyl (C=O) groups excluding carboxylic acids is 1. The van der Waals surface area contributed by atoms with Gasteiger partial charge in [0.2, 0.25) is 5.91 Å². The van der Waals surface area contributed by atoms with Crippen molar-refractivity contribution < 1.29 is 4.79 Å². The van der Waals surface area contributed by atoms with Gasteiger partial charge in [0.15, 0.2) is 0 Å². The molecule has 2 atom stereocenters. The summed E-state index contributed by atoms with van der Waals surface area (Å²) in [5.74, 6) is -0.268. The molecule has 1 aromatic rings. The van der Waals surface area contributed by atoms with Crippen molar-refractivity contribution in [2.45, 2.75) is 32.4 Å². The van der Waals surface area contributed by atoms with Crippen molar-refractivity contribution in [2.75, 3.05) is 11.4 Å². The van der Waals surface area contributed by atoms with Crippen molar-refractivity contribution in [1.82, 2.24) is 4.98 Å². The van der Waals surface area contributed by atoms with Crippen molar-refractivity contribution in [3.8, 4) is 0 Å². The fraction of sp³-hybridized carbons (Fsp3) is 0.538. The van der Waals surface area contributed by atoms with Crippen molar-refractivity contribution in [1.29, 1.82) is 0 Å². The molecule has 4 N–H and O–H groups in total. The zero-order valence-electron chi connectivity index (χ0n) is 10.7. The Morgan fingerprint density at radius 2 is 2.33 bits per heavy atom. The molecular weight excluding hydrogens is 228 g/mol. The zero-order chi connectivity index (χ0) is 13.1. The van der Waals surface area contributed by atoms with E-state index in [1.54, 1.807) is 6.20 Å². The van der Waals surface area contributed by atoms with Gasteiger partial charge in [0.25, 0.3) is 0 Å². The zero-order valence-corrected chi connectivity index (χ0v) is 10.7. The van der Waals surface area contributed by atoms with Crippen LogP contribution in [0.15, 0.2) is 18.3 Å². The highest BCUT2D eigenvalue weighted by molar-refractivity contribution is 5.77. The molecule has 2 heterocycles. The van der Waals surface area contributed by atoms with Gasteiger partial charge in [-0.2, -0.15) is 0 Å². The highest BCUT2D eigenvalue weighted by atomic mass is 16.1. The van der Waals surface area contributed by atoms with Crippen LogP contribution in [0.1, 0.15) is 25.5 Å². The van der Waals surface area contributed by atoms with Gasteiger partial charge in [0.1, 0.15) is 0 Å². The molecule has 2 rings (SSSR count). The number of aromatic nitrogens is 1. The summed E-state index contributed by atoms with van der Waals surface area (Å²) in [6, 6.07) is 4.35. The number of amides is 1. The highest BCUT2D eigenvalue weighted by Gasteiger charge is 2.28. The molecule has 0 spiro atoms. The molecule has 2 unspecified atom stereocenters. The first-order valence-electron chi connectivity index (χ1n) is 6.32. The third-order valence-electron chi connectivity index (χ3n) is 3.63. The second-order valence-corrected chi connectivity index (χ2v) is 4.89. The molecule has 5 heteroatoms. The summed E-state index contributed by atoms with van der Waals surface area (Å²) >= 11 is 0. The van der Waals surface area contributed by atoms with Crippen LogP contribution in [0.3, 0.4) is 0 Å². The third kappa shape index (κ3) is 2.61. The fourth-order valence-corrected chi connectivity index (χ4v) is 2.45. The molecule has 1 saturated heterocycles. The second kappa shape index (κ2) is 5.35. The van der Waals surface area contributed by atoms with Gasteiger partial charge in [0, 0.05) is 31.0 Å². The lowest BCUT2D eigenvalue weighted by atomic mass is 9.92. The standard InChI is InChI=1S/C13H20N4O/c1-9-2-3-10(13(15)18)8-17(9)12-4-5-16-11(6-12)7-14/h4-6,9-10H,2-3,7-8,14H2,1H3,(H2,15,18). The maximum Gasteiger partial charge on any atom is 0.222 e. The minimum Gasteiger partial charge on any atom is -0.369 e. The molecular formula is C13H20N4O. The van der Waals surface area contributed by atoms with Crippen LogP contribution in [0.25, 0.3) is 0 Å². The normalized spacial score (nSPS) is 24.0. The van der Waals surface area contributed by atoms with Gasteiger partial charge in [0.05, 0.1) is 11.6 Å². The van der Waals surface area contributed by atoms with Crippen LogP contribution in [-0.4, -0.2) is 23.5 Å². The van der Waals surface area contributed by atoms with E-state index < -0.39 is 0 Å². The van der Waals surface area contributed by atoms with E-state index in [0.29, 0.717) is 19.1 Å². The number of pyridine rings is 1. The van der Waals surface area contributed by atoms with Crippen LogP contribution in [0.4, 0.5) is 5.69 Å². The number of hydrogen-bond acceptors (Lipinski definition) is 4. The van der Waals surface area contributed by atoms with E-state index in [0.717, 1.165) is 24.2 Å². The molecule has 0 saturated carbocycles. The number of rotatable bonds is 3. The second-order valence-electron chi connectivity index (χ2n) is 4.89. The summed E-state index contributed by atoms with van der Waals surface area (Å²) in [4.78, 5) is 17.7. The third-order valence-corrected chi connectivity index (χ3v) is 3.63. The first-order valence-corrected chi connectivity index (χ1v) is 6.32. The van der Waals surface area contributed by atoms with Crippen molar-refractivity contribution in [3.63, 3.8) is 0 Å². The molecule has 1 aromatic heterocycles. The minimum atomic E-state index is -0.208. The van der Waals surface area contributed by atoms with E-state index in [1.165, 1.54) is 0 Å². The number of carbonyl (C=O) groups is 1. The summed E-state index contributed by atoms with van der Waals surface area (Å²) < 4.78 is 0. The Kier molecular flexibility index (Phi) is 3.81. The lowest BCUT2D eigenvalue weighted by molar-refractivity contribution is -0.122. The number of nitrogens with zero attached hydrogens (tertiary/aromatic N) is 2. The van der Waals surface area contributed by atoms with E-state index in [1.807, 2.05) is 12.1 Å². The number of hydrogen-bond donors (Lipinski definition) is 2. The average Bonchev–Trinajstić information content (AvgIpc) is 2.39. The SMILES string of the molecule is CC1CCC(C(N)=O)CN1c1ccnc(CN)c1. The topological polar surface area (TPSA) is 85.2 Å². The molecule has 1 aliphatic heterocycles. The first kappa shape index (κ1) is 12.8. The summed E-state index contributed by atoms with van der Waals surface area (Å²) in [5, 5.41) is 0. The van der Waals surface area contributed by atoms with E-state index in [4.69, 9.17) is 11.5 Å². The summed E-state index contributed by atoms with van der Waals surface area (Å²) in [6.45, 7) is 3.28. The van der Waals surface area contributed by atoms with Crippen molar-refractivity contribution >= 4 is 11.6 Å². The predicted molar refractivity (Wildman–Crippen MR) is 70.9 cm³/mol. The Morgan fingerprint density at radius 1 is 1.56 bits per heavy atom. The van der Waals surface area contributed by atoms with E-state index in [2.05, 4.69) is 16.8 Å². The Hall–Kier alpha value is -1.62. The molecule has 18 heavy (non-hydrogen) atoms. The Labute approximate surface area is 107 Å². The lowest BCUT2D eigenvalue weighted by Crippen LogP contribution is -2.46. The number of anilines is 1. The monoisotopic (exact) mass is 248 g/mol. The molecule has 1 fully saturated rings.